The van der Waals surface area contributed by atoms with Crippen molar-refractivity contribution in [2.45, 2.75) is 247 Å². The van der Waals surface area contributed by atoms with Crippen LogP contribution in [0.5, 0.6) is 0 Å². The highest BCUT2D eigenvalue weighted by Crippen LogP contribution is 2.57. The Bertz CT molecular complexity index is 2690. The van der Waals surface area contributed by atoms with Gasteiger partial charge in [0.2, 0.25) is 0 Å². The van der Waals surface area contributed by atoms with Crippen LogP contribution < -0.4 is 9.80 Å². The third-order valence-corrected chi connectivity index (χ3v) is 19.6. The molecule has 0 spiro atoms. The van der Waals surface area contributed by atoms with Gasteiger partial charge in [0.15, 0.2) is 0 Å². The molecule has 0 radical (unpaired) electrons. The Hall–Kier alpha value is -5.08. The van der Waals surface area contributed by atoms with Crippen molar-refractivity contribution >= 4 is 34.1 Å². The Morgan fingerprint density at radius 1 is 0.377 bits per heavy atom. The van der Waals surface area contributed by atoms with Crippen molar-refractivity contribution in [3.05, 3.63) is 167 Å². The number of hydrogen-bond donors (Lipinski definition) is 0. The van der Waals surface area contributed by atoms with E-state index in [1.165, 1.54) is 169 Å². The summed E-state index contributed by atoms with van der Waals surface area (Å²) in [5, 5.41) is 0. The van der Waals surface area contributed by atoms with E-state index in [0.29, 0.717) is 17.8 Å². The second kappa shape index (κ2) is 27.7. The van der Waals surface area contributed by atoms with Crippen LogP contribution in [0.2, 0.25) is 0 Å². The van der Waals surface area contributed by atoms with Gasteiger partial charge in [0.25, 0.3) is 0 Å². The monoisotopic (exact) mass is 1030 g/mol. The van der Waals surface area contributed by atoms with Gasteiger partial charge in [0, 0.05) is 39.5 Å². The van der Waals surface area contributed by atoms with Crippen LogP contribution in [0.1, 0.15) is 264 Å². The van der Waals surface area contributed by atoms with E-state index in [9.17, 15) is 0 Å². The van der Waals surface area contributed by atoms with E-state index in [1.54, 1.807) is 0 Å². The smallest absolute Gasteiger partial charge is 0.0465 e. The number of rotatable bonds is 31. The molecule has 6 aromatic carbocycles. The van der Waals surface area contributed by atoms with Crippen molar-refractivity contribution in [1.29, 1.82) is 0 Å². The molecule has 2 nitrogen and oxygen atoms in total. The van der Waals surface area contributed by atoms with Gasteiger partial charge in [0.1, 0.15) is 0 Å². The fourth-order valence-corrected chi connectivity index (χ4v) is 13.3. The lowest BCUT2D eigenvalue weighted by Crippen LogP contribution is -2.30. The van der Waals surface area contributed by atoms with Crippen LogP contribution in [0.15, 0.2) is 133 Å². The number of nitrogens with zero attached hydrogens (tertiary/aromatic N) is 2. The molecule has 0 fully saturated rings. The largest absolute Gasteiger partial charge is 0.310 e. The van der Waals surface area contributed by atoms with E-state index in [1.807, 2.05) is 0 Å². The van der Waals surface area contributed by atoms with Crippen molar-refractivity contribution in [2.24, 2.45) is 5.92 Å². The molecule has 0 saturated heterocycles. The van der Waals surface area contributed by atoms with Crippen LogP contribution in [0.25, 0.3) is 11.1 Å². The van der Waals surface area contributed by atoms with Crippen molar-refractivity contribution in [1.82, 2.24) is 0 Å². The molecule has 0 heterocycles. The van der Waals surface area contributed by atoms with Gasteiger partial charge in [-0.25, -0.2) is 0 Å². The van der Waals surface area contributed by atoms with Gasteiger partial charge in [-0.15, -0.1) is 0 Å². The van der Waals surface area contributed by atoms with E-state index in [0.717, 1.165) is 38.5 Å². The molecule has 0 aromatic heterocycles. The van der Waals surface area contributed by atoms with E-state index in [4.69, 9.17) is 0 Å². The Morgan fingerprint density at radius 3 is 1.08 bits per heavy atom. The van der Waals surface area contributed by atoms with Gasteiger partial charge in [-0.1, -0.05) is 241 Å². The topological polar surface area (TPSA) is 6.48 Å². The summed E-state index contributed by atoms with van der Waals surface area (Å²) in [5.41, 5.74) is 19.1. The first-order chi connectivity index (χ1) is 37.3. The fraction of sp³-hybridized carbons (Fsp3) is 0.520. The van der Waals surface area contributed by atoms with Crippen LogP contribution >= 0.6 is 0 Å². The Morgan fingerprint density at radius 2 is 0.727 bits per heavy atom. The SMILES string of the molecule is CCCCCCCCC1(CCCCCCCC)c2cc(N(c3ccc(C(C)CC)cc3)c3ccc(C(C)(C)CC)cc3)ccc2-c2ccc(N(c3ccc(C(C)CC)cc3)c3ccc(C(C)(CC)C(CC)CC)cc3)cc21. The summed E-state index contributed by atoms with van der Waals surface area (Å²) < 4.78 is 0. The highest BCUT2D eigenvalue weighted by Gasteiger charge is 2.43. The van der Waals surface area contributed by atoms with E-state index in [-0.39, 0.29) is 16.2 Å². The summed E-state index contributed by atoms with van der Waals surface area (Å²) in [6.45, 7) is 30.7. The van der Waals surface area contributed by atoms with Crippen LogP contribution in [-0.4, -0.2) is 0 Å². The molecule has 0 bridgehead atoms. The minimum Gasteiger partial charge on any atom is -0.310 e. The third kappa shape index (κ3) is 13.3. The minimum absolute atomic E-state index is 0.117. The predicted molar refractivity (Wildman–Crippen MR) is 340 cm³/mol. The molecule has 414 valence electrons. The number of hydrogen-bond acceptors (Lipinski definition) is 2. The molecule has 2 heteroatoms. The Balaban J connectivity index is 1.43. The van der Waals surface area contributed by atoms with Gasteiger partial charge in [-0.3, -0.25) is 0 Å². The first kappa shape index (κ1) is 59.6. The van der Waals surface area contributed by atoms with Crippen LogP contribution in [0, 0.1) is 5.92 Å². The fourth-order valence-electron chi connectivity index (χ4n) is 13.3. The molecule has 0 saturated carbocycles. The maximum absolute atomic E-state index is 2.67. The van der Waals surface area contributed by atoms with Crippen molar-refractivity contribution in [3.8, 4) is 11.1 Å². The number of anilines is 6. The summed E-state index contributed by atoms with van der Waals surface area (Å²) in [5.74, 6) is 1.69. The maximum atomic E-state index is 2.67. The molecule has 6 aromatic rings. The summed E-state index contributed by atoms with van der Waals surface area (Å²) in [4.78, 5) is 5.13. The van der Waals surface area contributed by atoms with Gasteiger partial charge in [-0.05, 0) is 184 Å². The van der Waals surface area contributed by atoms with E-state index in [2.05, 4.69) is 233 Å². The zero-order chi connectivity index (χ0) is 55.2. The summed E-state index contributed by atoms with van der Waals surface area (Å²) in [6, 6.07) is 53.7. The quantitative estimate of drug-likeness (QED) is 0.0400. The molecule has 1 aliphatic carbocycles. The molecule has 3 unspecified atom stereocenters. The second-order valence-electron chi connectivity index (χ2n) is 24.7. The van der Waals surface area contributed by atoms with Crippen LogP contribution in [-0.2, 0) is 16.2 Å². The van der Waals surface area contributed by atoms with Gasteiger partial charge in [0.05, 0.1) is 0 Å². The number of unbranched alkanes of at least 4 members (excludes halogenated alkanes) is 10. The first-order valence-electron chi connectivity index (χ1n) is 31.6. The van der Waals surface area contributed by atoms with Crippen LogP contribution in [0.4, 0.5) is 34.1 Å². The van der Waals surface area contributed by atoms with Gasteiger partial charge >= 0.3 is 0 Å². The number of fused-ring (bicyclic) bond motifs is 3. The summed E-state index contributed by atoms with van der Waals surface area (Å²) in [6.07, 6.45) is 24.8. The van der Waals surface area contributed by atoms with E-state index >= 15 is 0 Å². The molecular formula is C75H104N2. The van der Waals surface area contributed by atoms with Gasteiger partial charge < -0.3 is 9.80 Å². The predicted octanol–water partition coefficient (Wildman–Crippen LogP) is 24.2. The summed E-state index contributed by atoms with van der Waals surface area (Å²) in [7, 11) is 0. The average molecular weight is 1030 g/mol. The highest BCUT2D eigenvalue weighted by molar-refractivity contribution is 5.88. The molecule has 77 heavy (non-hydrogen) atoms. The molecule has 0 N–H and O–H groups in total. The van der Waals surface area contributed by atoms with Crippen molar-refractivity contribution in [3.63, 3.8) is 0 Å². The molecule has 7 rings (SSSR count). The van der Waals surface area contributed by atoms with Crippen molar-refractivity contribution < 1.29 is 0 Å². The van der Waals surface area contributed by atoms with Crippen molar-refractivity contribution in [2.75, 3.05) is 9.80 Å². The highest BCUT2D eigenvalue weighted by atomic mass is 15.1. The summed E-state index contributed by atoms with van der Waals surface area (Å²) >= 11 is 0. The van der Waals surface area contributed by atoms with E-state index < -0.39 is 0 Å². The molecule has 0 amide bonds. The average Bonchev–Trinajstić information content (AvgIpc) is 3.90. The third-order valence-electron chi connectivity index (χ3n) is 19.6. The Kier molecular flexibility index (Phi) is 21.4. The van der Waals surface area contributed by atoms with Gasteiger partial charge in [-0.2, -0.15) is 0 Å². The first-order valence-corrected chi connectivity index (χ1v) is 31.6. The molecule has 1 aliphatic rings. The molecular weight excluding hydrogens is 929 g/mol. The lowest BCUT2D eigenvalue weighted by Gasteiger charge is -2.37. The zero-order valence-corrected chi connectivity index (χ0v) is 51.0. The standard InChI is InChI=1S/C75H104N2/c1-14-22-24-26-28-30-52-75(53-31-29-27-25-23-15-2)71-54-67(76(63-40-32-58(33-41-63)56(9)16-3)65-44-36-61(37-45-65)73(11,12)20-7)48-50-69(71)70-51-49-68(55-72(70)75)77(64-42-34-59(35-43-64)57(10)17-4)66-46-38-62(39-47-66)74(13,21-8)60(18-5)19-6/h32-51,54-57,60H,14-31,52-53H2,1-13H3. The minimum atomic E-state index is -0.124. The molecule has 0 aliphatic heterocycles. The lowest BCUT2D eigenvalue weighted by atomic mass is 9.68. The van der Waals surface area contributed by atoms with Crippen LogP contribution in [0.3, 0.4) is 0 Å². The lowest BCUT2D eigenvalue weighted by molar-refractivity contribution is 0.265. The normalized spacial score (nSPS) is 14.5. The maximum Gasteiger partial charge on any atom is 0.0465 e. The number of benzene rings is 6. The second-order valence-corrected chi connectivity index (χ2v) is 24.7. The Labute approximate surface area is 471 Å². The zero-order valence-electron chi connectivity index (χ0n) is 51.0. The molecule has 3 atom stereocenters.